The summed E-state index contributed by atoms with van der Waals surface area (Å²) in [6, 6.07) is 4.17. The molecule has 3 saturated carbocycles. The van der Waals surface area contributed by atoms with Crippen LogP contribution in [0.3, 0.4) is 0 Å². The molecule has 1 heterocycles. The Bertz CT molecular complexity index is 674. The molecule has 0 amide bonds. The summed E-state index contributed by atoms with van der Waals surface area (Å²) in [4.78, 5) is 0. The van der Waals surface area contributed by atoms with E-state index in [0.29, 0.717) is 10.8 Å². The van der Waals surface area contributed by atoms with Crippen molar-refractivity contribution in [1.82, 2.24) is 0 Å². The number of aliphatic hydroxyl groups is 1. The number of allylic oxidation sites excluding steroid dienone is 2. The Morgan fingerprint density at radius 3 is 2.76 bits per heavy atom. The van der Waals surface area contributed by atoms with Crippen molar-refractivity contribution in [1.29, 1.82) is 0 Å². The monoisotopic (exact) mass is 340 g/mol. The summed E-state index contributed by atoms with van der Waals surface area (Å²) in [5.41, 5.74) is 2.25. The second kappa shape index (κ2) is 5.49. The average Bonchev–Trinajstić information content (AvgIpc) is 3.22. The van der Waals surface area contributed by atoms with Crippen LogP contribution in [0.4, 0.5) is 0 Å². The second-order valence-electron chi connectivity index (χ2n) is 9.87. The Hall–Kier alpha value is -1.02. The third kappa shape index (κ3) is 2.19. The maximum absolute atomic E-state index is 10.2. The summed E-state index contributed by atoms with van der Waals surface area (Å²) >= 11 is 0. The number of aliphatic hydroxyl groups excluding tert-OH is 1. The van der Waals surface area contributed by atoms with Crippen molar-refractivity contribution in [2.45, 2.75) is 71.3 Å². The third-order valence-electron chi connectivity index (χ3n) is 9.01. The Balaban J connectivity index is 1.44. The maximum Gasteiger partial charge on any atom is 0.130 e. The van der Waals surface area contributed by atoms with Crippen LogP contribution >= 0.6 is 0 Å². The molecule has 4 aliphatic rings. The molecule has 0 radical (unpaired) electrons. The molecule has 7 atom stereocenters. The Morgan fingerprint density at radius 2 is 1.96 bits per heavy atom. The van der Waals surface area contributed by atoms with Gasteiger partial charge in [0.2, 0.25) is 0 Å². The van der Waals surface area contributed by atoms with Gasteiger partial charge in [0.15, 0.2) is 0 Å². The van der Waals surface area contributed by atoms with Crippen molar-refractivity contribution in [3.05, 3.63) is 30.2 Å². The highest BCUT2D eigenvalue weighted by molar-refractivity contribution is 5.69. The van der Waals surface area contributed by atoms with Gasteiger partial charge >= 0.3 is 0 Å². The Kier molecular flexibility index (Phi) is 3.55. The summed E-state index contributed by atoms with van der Waals surface area (Å²) in [6.07, 6.45) is 14.2. The Labute approximate surface area is 151 Å². The molecule has 1 N–H and O–H groups in total. The van der Waals surface area contributed by atoms with Crippen LogP contribution in [0.1, 0.15) is 71.0 Å². The molecule has 1 aromatic rings. The minimum atomic E-state index is -0.0396. The minimum Gasteiger partial charge on any atom is -0.465 e. The standard InChI is InChI=1S/C23H32O2/c1-22-11-9-16(24)14-15(22)5-6-17-18-7-8-20(21-4-3-13-25-21)23(18,2)12-10-19(17)22/h3-4,8,13,15-19,24H,5-7,9-12,14H2,1-2H3/t15?,16?,17-,18-,19+,22-,23-/m0/s1. The lowest BCUT2D eigenvalue weighted by Crippen LogP contribution is -2.53. The van der Waals surface area contributed by atoms with Crippen LogP contribution in [-0.4, -0.2) is 11.2 Å². The van der Waals surface area contributed by atoms with Gasteiger partial charge in [0.1, 0.15) is 5.76 Å². The van der Waals surface area contributed by atoms with Crippen LogP contribution < -0.4 is 0 Å². The predicted molar refractivity (Wildman–Crippen MR) is 99.8 cm³/mol. The van der Waals surface area contributed by atoms with Gasteiger partial charge in [-0.15, -0.1) is 0 Å². The molecular weight excluding hydrogens is 308 g/mol. The SMILES string of the molecule is C[C@]12CCC(O)CC1CC[C@@H]1[C@H]2CC[C@]2(C)C(c3ccco3)=CC[C@@H]12. The van der Waals surface area contributed by atoms with E-state index < -0.39 is 0 Å². The quantitative estimate of drug-likeness (QED) is 0.714. The summed E-state index contributed by atoms with van der Waals surface area (Å²) in [5.74, 6) is 4.36. The zero-order valence-electron chi connectivity index (χ0n) is 15.7. The minimum absolute atomic E-state index is 0.0396. The highest BCUT2D eigenvalue weighted by atomic mass is 16.3. The van der Waals surface area contributed by atoms with Gasteiger partial charge in [0, 0.05) is 0 Å². The van der Waals surface area contributed by atoms with Crippen LogP contribution in [-0.2, 0) is 0 Å². The first-order valence-electron chi connectivity index (χ1n) is 10.4. The van der Waals surface area contributed by atoms with Crippen LogP contribution in [0.2, 0.25) is 0 Å². The van der Waals surface area contributed by atoms with E-state index in [2.05, 4.69) is 26.0 Å². The molecule has 0 aliphatic heterocycles. The molecule has 2 nitrogen and oxygen atoms in total. The van der Waals surface area contributed by atoms with E-state index in [1.165, 1.54) is 44.1 Å². The molecule has 25 heavy (non-hydrogen) atoms. The number of furan rings is 1. The average molecular weight is 341 g/mol. The molecule has 1 aromatic heterocycles. The van der Waals surface area contributed by atoms with Gasteiger partial charge in [-0.3, -0.25) is 0 Å². The second-order valence-corrected chi connectivity index (χ2v) is 9.87. The van der Waals surface area contributed by atoms with Crippen molar-refractivity contribution in [3.8, 4) is 0 Å². The van der Waals surface area contributed by atoms with Gasteiger partial charge in [0.25, 0.3) is 0 Å². The van der Waals surface area contributed by atoms with Crippen molar-refractivity contribution in [2.24, 2.45) is 34.5 Å². The number of hydrogen-bond acceptors (Lipinski definition) is 2. The zero-order valence-corrected chi connectivity index (χ0v) is 15.7. The number of rotatable bonds is 1. The van der Waals surface area contributed by atoms with Crippen molar-refractivity contribution in [2.75, 3.05) is 0 Å². The van der Waals surface area contributed by atoms with Crippen molar-refractivity contribution in [3.63, 3.8) is 0 Å². The van der Waals surface area contributed by atoms with Crippen LogP contribution in [0.25, 0.3) is 5.57 Å². The van der Waals surface area contributed by atoms with Crippen molar-refractivity contribution >= 4 is 5.57 Å². The van der Waals surface area contributed by atoms with Crippen molar-refractivity contribution < 1.29 is 9.52 Å². The van der Waals surface area contributed by atoms with E-state index in [1.54, 1.807) is 0 Å². The smallest absolute Gasteiger partial charge is 0.130 e. The summed E-state index contributed by atoms with van der Waals surface area (Å²) in [6.45, 7) is 5.08. The van der Waals surface area contributed by atoms with Crippen LogP contribution in [0.15, 0.2) is 28.9 Å². The molecule has 0 saturated heterocycles. The molecule has 136 valence electrons. The van der Waals surface area contributed by atoms with E-state index >= 15 is 0 Å². The molecule has 3 fully saturated rings. The van der Waals surface area contributed by atoms with E-state index in [4.69, 9.17) is 4.42 Å². The van der Waals surface area contributed by atoms with E-state index in [9.17, 15) is 5.11 Å². The first-order valence-corrected chi connectivity index (χ1v) is 10.4. The fourth-order valence-electron chi connectivity index (χ4n) is 7.62. The van der Waals surface area contributed by atoms with Gasteiger partial charge in [-0.05, 0) is 104 Å². The first kappa shape index (κ1) is 16.2. The summed E-state index contributed by atoms with van der Waals surface area (Å²) in [5, 5.41) is 10.2. The van der Waals surface area contributed by atoms with Gasteiger partial charge < -0.3 is 9.52 Å². The zero-order chi connectivity index (χ0) is 17.2. The lowest BCUT2D eigenvalue weighted by Gasteiger charge is -2.60. The van der Waals surface area contributed by atoms with Gasteiger partial charge in [-0.25, -0.2) is 0 Å². The molecule has 2 heteroatoms. The molecular formula is C23H32O2. The Morgan fingerprint density at radius 1 is 1.08 bits per heavy atom. The lowest BCUT2D eigenvalue weighted by molar-refractivity contribution is -0.115. The molecule has 0 aromatic carbocycles. The lowest BCUT2D eigenvalue weighted by atomic mass is 9.44. The predicted octanol–water partition coefficient (Wildman–Crippen LogP) is 5.68. The number of fused-ring (bicyclic) bond motifs is 5. The van der Waals surface area contributed by atoms with Gasteiger partial charge in [-0.1, -0.05) is 19.9 Å². The fraction of sp³-hybridized carbons (Fsp3) is 0.739. The topological polar surface area (TPSA) is 33.4 Å². The summed E-state index contributed by atoms with van der Waals surface area (Å²) < 4.78 is 5.79. The van der Waals surface area contributed by atoms with Gasteiger partial charge in [-0.2, -0.15) is 0 Å². The molecule has 0 spiro atoms. The molecule has 0 bridgehead atoms. The maximum atomic E-state index is 10.2. The fourth-order valence-corrected chi connectivity index (χ4v) is 7.62. The molecule has 4 aliphatic carbocycles. The highest BCUT2D eigenvalue weighted by Gasteiger charge is 2.58. The van der Waals surface area contributed by atoms with Crippen LogP contribution in [0, 0.1) is 34.5 Å². The van der Waals surface area contributed by atoms with Gasteiger partial charge in [0.05, 0.1) is 12.4 Å². The normalized spacial score (nSPS) is 49.1. The highest BCUT2D eigenvalue weighted by Crippen LogP contribution is 2.67. The molecule has 5 rings (SSSR count). The van der Waals surface area contributed by atoms with E-state index in [0.717, 1.165) is 42.3 Å². The van der Waals surface area contributed by atoms with E-state index in [-0.39, 0.29) is 6.10 Å². The number of hydrogen-bond donors (Lipinski definition) is 1. The third-order valence-corrected chi connectivity index (χ3v) is 9.01. The first-order chi connectivity index (χ1) is 12.0. The largest absolute Gasteiger partial charge is 0.465 e. The molecule has 2 unspecified atom stereocenters. The van der Waals surface area contributed by atoms with E-state index in [1.807, 2.05) is 12.3 Å². The van der Waals surface area contributed by atoms with Crippen LogP contribution in [0.5, 0.6) is 0 Å². The summed E-state index contributed by atoms with van der Waals surface area (Å²) in [7, 11) is 0.